The van der Waals surface area contributed by atoms with Crippen molar-refractivity contribution in [1.29, 1.82) is 0 Å². The molecular formula is C19H26N2O3S. The monoisotopic (exact) mass is 362 g/mol. The topological polar surface area (TPSA) is 57.7 Å². The second-order valence-corrected chi connectivity index (χ2v) is 9.83. The molecule has 0 N–H and O–H groups in total. The molecule has 1 saturated heterocycles. The molecule has 1 saturated carbocycles. The Balaban J connectivity index is 1.52. The molecule has 0 radical (unpaired) electrons. The molecule has 1 aliphatic carbocycles. The zero-order valence-electron chi connectivity index (χ0n) is 14.6. The van der Waals surface area contributed by atoms with Crippen LogP contribution in [0.25, 0.3) is 0 Å². The summed E-state index contributed by atoms with van der Waals surface area (Å²) in [7, 11) is -2.99. The molecule has 2 aliphatic heterocycles. The maximum atomic E-state index is 13.2. The first-order chi connectivity index (χ1) is 12.0. The molecule has 1 unspecified atom stereocenters. The van der Waals surface area contributed by atoms with Gasteiger partial charge in [-0.2, -0.15) is 0 Å². The van der Waals surface area contributed by atoms with Gasteiger partial charge < -0.3 is 9.80 Å². The van der Waals surface area contributed by atoms with Gasteiger partial charge >= 0.3 is 0 Å². The Morgan fingerprint density at radius 3 is 2.60 bits per heavy atom. The van der Waals surface area contributed by atoms with E-state index in [1.165, 1.54) is 5.56 Å². The van der Waals surface area contributed by atoms with Crippen LogP contribution in [0, 0.1) is 0 Å². The van der Waals surface area contributed by atoms with Gasteiger partial charge in [0.2, 0.25) is 5.91 Å². The van der Waals surface area contributed by atoms with Crippen LogP contribution in [0.4, 0.5) is 5.69 Å². The second kappa shape index (κ2) is 6.63. The van der Waals surface area contributed by atoms with E-state index < -0.39 is 9.84 Å². The average molecular weight is 362 g/mol. The van der Waals surface area contributed by atoms with E-state index in [0.717, 1.165) is 44.3 Å². The molecule has 1 atom stereocenters. The molecular weight excluding hydrogens is 336 g/mol. The van der Waals surface area contributed by atoms with Gasteiger partial charge in [-0.3, -0.25) is 4.79 Å². The number of carbonyl (C=O) groups excluding carboxylic acids is 1. The van der Waals surface area contributed by atoms with Crippen molar-refractivity contribution in [3.63, 3.8) is 0 Å². The van der Waals surface area contributed by atoms with Crippen molar-refractivity contribution in [1.82, 2.24) is 4.90 Å². The van der Waals surface area contributed by atoms with E-state index in [4.69, 9.17) is 0 Å². The van der Waals surface area contributed by atoms with E-state index in [0.29, 0.717) is 13.0 Å². The summed E-state index contributed by atoms with van der Waals surface area (Å²) in [6.07, 6.45) is 5.88. The molecule has 136 valence electrons. The van der Waals surface area contributed by atoms with Crippen LogP contribution < -0.4 is 4.90 Å². The number of sulfone groups is 1. The fourth-order valence-corrected chi connectivity index (χ4v) is 6.41. The van der Waals surface area contributed by atoms with Crippen molar-refractivity contribution < 1.29 is 13.2 Å². The predicted molar refractivity (Wildman–Crippen MR) is 98.5 cm³/mol. The lowest BCUT2D eigenvalue weighted by Gasteiger charge is -2.35. The Morgan fingerprint density at radius 2 is 1.88 bits per heavy atom. The number of carbonyl (C=O) groups is 1. The van der Waals surface area contributed by atoms with Crippen molar-refractivity contribution in [3.8, 4) is 0 Å². The maximum absolute atomic E-state index is 13.2. The number of hydrogen-bond acceptors (Lipinski definition) is 4. The Kier molecular flexibility index (Phi) is 4.48. The Hall–Kier alpha value is -1.56. The van der Waals surface area contributed by atoms with Crippen LogP contribution in [0.2, 0.25) is 0 Å². The molecule has 3 aliphatic rings. The van der Waals surface area contributed by atoms with Crippen LogP contribution in [0.1, 0.15) is 37.7 Å². The van der Waals surface area contributed by atoms with Crippen LogP contribution >= 0.6 is 0 Å². The summed E-state index contributed by atoms with van der Waals surface area (Å²) < 4.78 is 23.9. The highest BCUT2D eigenvalue weighted by atomic mass is 32.2. The van der Waals surface area contributed by atoms with Crippen molar-refractivity contribution >= 4 is 21.4 Å². The van der Waals surface area contributed by atoms with Gasteiger partial charge in [0.15, 0.2) is 9.84 Å². The van der Waals surface area contributed by atoms with Gasteiger partial charge in [0.05, 0.1) is 18.1 Å². The summed E-state index contributed by atoms with van der Waals surface area (Å²) in [5.74, 6) is 0.470. The molecule has 1 amide bonds. The summed E-state index contributed by atoms with van der Waals surface area (Å²) in [4.78, 5) is 17.3. The number of nitrogens with zero attached hydrogens (tertiary/aromatic N) is 2. The maximum Gasteiger partial charge on any atom is 0.242 e. The number of hydrogen-bond donors (Lipinski definition) is 0. The normalized spacial score (nSPS) is 25.3. The van der Waals surface area contributed by atoms with E-state index >= 15 is 0 Å². The quantitative estimate of drug-likeness (QED) is 0.822. The van der Waals surface area contributed by atoms with Crippen molar-refractivity contribution in [2.75, 3.05) is 29.5 Å². The van der Waals surface area contributed by atoms with Crippen molar-refractivity contribution in [3.05, 3.63) is 29.8 Å². The average Bonchev–Trinajstić information content (AvgIpc) is 3.30. The molecule has 2 heterocycles. The highest BCUT2D eigenvalue weighted by Crippen LogP contribution is 2.31. The smallest absolute Gasteiger partial charge is 0.242 e. The lowest BCUT2D eigenvalue weighted by Crippen LogP contribution is -2.50. The SMILES string of the molecule is O=C(CN1CCc2ccccc21)N(C1CCCC1)C1CCS(=O)(=O)C1. The molecule has 0 aromatic heterocycles. The fraction of sp³-hybridized carbons (Fsp3) is 0.632. The first kappa shape index (κ1) is 16.9. The van der Waals surface area contributed by atoms with Crippen LogP contribution in [-0.2, 0) is 21.1 Å². The molecule has 6 heteroatoms. The Morgan fingerprint density at radius 1 is 1.12 bits per heavy atom. The molecule has 4 rings (SSSR count). The van der Waals surface area contributed by atoms with Gasteiger partial charge in [-0.25, -0.2) is 8.42 Å². The van der Waals surface area contributed by atoms with Crippen molar-refractivity contribution in [2.24, 2.45) is 0 Å². The molecule has 25 heavy (non-hydrogen) atoms. The first-order valence-electron chi connectivity index (χ1n) is 9.38. The standard InChI is InChI=1S/C19H26N2O3S/c22-19(13-20-11-9-15-5-1-4-8-18(15)20)21(16-6-2-3-7-16)17-10-12-25(23,24)14-17/h1,4-5,8,16-17H,2-3,6-7,9-14H2. The minimum atomic E-state index is -2.99. The molecule has 5 nitrogen and oxygen atoms in total. The van der Waals surface area contributed by atoms with Crippen LogP contribution in [0.15, 0.2) is 24.3 Å². The summed E-state index contributed by atoms with van der Waals surface area (Å²) in [6, 6.07) is 8.36. The summed E-state index contributed by atoms with van der Waals surface area (Å²) in [5.41, 5.74) is 2.45. The van der Waals surface area contributed by atoms with Gasteiger partial charge in [-0.05, 0) is 37.3 Å². The van der Waals surface area contributed by atoms with Crippen molar-refractivity contribution in [2.45, 2.75) is 50.6 Å². The summed E-state index contributed by atoms with van der Waals surface area (Å²) >= 11 is 0. The Labute approximate surface area is 149 Å². The van der Waals surface area contributed by atoms with Crippen LogP contribution in [-0.4, -0.2) is 55.9 Å². The molecule has 0 spiro atoms. The molecule has 0 bridgehead atoms. The summed E-state index contributed by atoms with van der Waals surface area (Å²) in [6.45, 7) is 1.23. The third-order valence-electron chi connectivity index (χ3n) is 5.92. The molecule has 2 fully saturated rings. The van der Waals surface area contributed by atoms with E-state index in [1.807, 2.05) is 17.0 Å². The van der Waals surface area contributed by atoms with E-state index in [9.17, 15) is 13.2 Å². The number of para-hydroxylation sites is 1. The number of rotatable bonds is 4. The van der Waals surface area contributed by atoms with Crippen LogP contribution in [0.5, 0.6) is 0 Å². The van der Waals surface area contributed by atoms with Gasteiger partial charge in [-0.1, -0.05) is 31.0 Å². The minimum Gasteiger partial charge on any atom is -0.362 e. The predicted octanol–water partition coefficient (Wildman–Crippen LogP) is 2.01. The number of amides is 1. The summed E-state index contributed by atoms with van der Waals surface area (Å²) in [5, 5.41) is 0. The van der Waals surface area contributed by atoms with E-state index in [1.54, 1.807) is 0 Å². The third kappa shape index (κ3) is 3.41. The zero-order valence-corrected chi connectivity index (χ0v) is 15.4. The van der Waals surface area contributed by atoms with Gasteiger partial charge in [-0.15, -0.1) is 0 Å². The van der Waals surface area contributed by atoms with Gasteiger partial charge in [0, 0.05) is 24.3 Å². The first-order valence-corrected chi connectivity index (χ1v) is 11.2. The zero-order chi connectivity index (χ0) is 17.4. The number of anilines is 1. The second-order valence-electron chi connectivity index (χ2n) is 7.60. The fourth-order valence-electron chi connectivity index (χ4n) is 4.70. The van der Waals surface area contributed by atoms with Gasteiger partial charge in [0.25, 0.3) is 0 Å². The number of fused-ring (bicyclic) bond motifs is 1. The lowest BCUT2D eigenvalue weighted by molar-refractivity contribution is -0.134. The minimum absolute atomic E-state index is 0.103. The van der Waals surface area contributed by atoms with E-state index in [2.05, 4.69) is 17.0 Å². The van der Waals surface area contributed by atoms with Gasteiger partial charge in [0.1, 0.15) is 0 Å². The lowest BCUT2D eigenvalue weighted by atomic mass is 10.1. The highest BCUT2D eigenvalue weighted by Gasteiger charge is 2.39. The largest absolute Gasteiger partial charge is 0.362 e. The number of benzene rings is 1. The van der Waals surface area contributed by atoms with E-state index in [-0.39, 0.29) is 29.5 Å². The molecule has 1 aromatic rings. The Bertz CT molecular complexity index is 756. The molecule has 1 aromatic carbocycles. The highest BCUT2D eigenvalue weighted by molar-refractivity contribution is 7.91. The third-order valence-corrected chi connectivity index (χ3v) is 7.67. The van der Waals surface area contributed by atoms with Crippen LogP contribution in [0.3, 0.4) is 0 Å².